The topological polar surface area (TPSA) is 26.3 Å². The van der Waals surface area contributed by atoms with Crippen LogP contribution in [0.1, 0.15) is 6.92 Å². The number of rotatable bonds is 3. The van der Waals surface area contributed by atoms with Crippen molar-refractivity contribution in [3.05, 3.63) is 0 Å². The lowest BCUT2D eigenvalue weighted by Crippen LogP contribution is -2.30. The van der Waals surface area contributed by atoms with Crippen LogP contribution in [0.5, 0.6) is 0 Å². The third kappa shape index (κ3) is 3.07. The molecule has 0 aromatic rings. The van der Waals surface area contributed by atoms with E-state index in [0.717, 1.165) is 0 Å². The SMILES string of the molecule is CCOC(=O)C(S)(S)CS. The van der Waals surface area contributed by atoms with Crippen molar-refractivity contribution in [1.82, 2.24) is 0 Å². The van der Waals surface area contributed by atoms with Gasteiger partial charge >= 0.3 is 5.97 Å². The van der Waals surface area contributed by atoms with E-state index in [0.29, 0.717) is 6.61 Å². The quantitative estimate of drug-likeness (QED) is 0.359. The Morgan fingerprint density at radius 2 is 2.10 bits per heavy atom. The van der Waals surface area contributed by atoms with Gasteiger partial charge in [0.1, 0.15) is 0 Å². The van der Waals surface area contributed by atoms with Gasteiger partial charge in [-0.15, -0.1) is 25.3 Å². The highest BCUT2D eigenvalue weighted by atomic mass is 32.2. The van der Waals surface area contributed by atoms with Gasteiger partial charge in [0.2, 0.25) is 0 Å². The summed E-state index contributed by atoms with van der Waals surface area (Å²) in [7, 11) is 0. The Balaban J connectivity index is 3.91. The molecule has 0 bridgehead atoms. The molecule has 0 unspecified atom stereocenters. The van der Waals surface area contributed by atoms with Crippen LogP contribution >= 0.6 is 37.9 Å². The van der Waals surface area contributed by atoms with Gasteiger partial charge in [-0.2, -0.15) is 12.6 Å². The summed E-state index contributed by atoms with van der Waals surface area (Å²) in [6.07, 6.45) is 0. The van der Waals surface area contributed by atoms with Crippen molar-refractivity contribution in [2.24, 2.45) is 0 Å². The maximum absolute atomic E-state index is 10.9. The third-order valence-electron chi connectivity index (χ3n) is 0.823. The van der Waals surface area contributed by atoms with E-state index in [2.05, 4.69) is 42.6 Å². The van der Waals surface area contributed by atoms with Crippen molar-refractivity contribution in [3.8, 4) is 0 Å². The van der Waals surface area contributed by atoms with Crippen LogP contribution in [0.2, 0.25) is 0 Å². The van der Waals surface area contributed by atoms with E-state index in [1.54, 1.807) is 6.92 Å². The van der Waals surface area contributed by atoms with Crippen molar-refractivity contribution in [3.63, 3.8) is 0 Å². The lowest BCUT2D eigenvalue weighted by molar-refractivity contribution is -0.142. The first-order chi connectivity index (χ1) is 4.54. The number of ether oxygens (including phenoxy) is 1. The first kappa shape index (κ1) is 10.5. The number of thiol groups is 3. The Morgan fingerprint density at radius 3 is 2.40 bits per heavy atom. The van der Waals surface area contributed by atoms with Crippen LogP contribution in [0.25, 0.3) is 0 Å². The van der Waals surface area contributed by atoms with Gasteiger partial charge in [0.15, 0.2) is 4.08 Å². The number of carbonyl (C=O) groups excluding carboxylic acids is 1. The molecular formula is C5H10O2S3. The summed E-state index contributed by atoms with van der Waals surface area (Å²) in [6.45, 7) is 2.07. The van der Waals surface area contributed by atoms with Crippen LogP contribution in [0.4, 0.5) is 0 Å². The second kappa shape index (κ2) is 4.41. The Morgan fingerprint density at radius 1 is 1.60 bits per heavy atom. The third-order valence-corrected chi connectivity index (χ3v) is 2.48. The van der Waals surface area contributed by atoms with E-state index >= 15 is 0 Å². The smallest absolute Gasteiger partial charge is 0.332 e. The van der Waals surface area contributed by atoms with Gasteiger partial charge < -0.3 is 4.74 Å². The van der Waals surface area contributed by atoms with Gasteiger partial charge in [0.25, 0.3) is 0 Å². The van der Waals surface area contributed by atoms with Crippen molar-refractivity contribution in [1.29, 1.82) is 0 Å². The number of esters is 1. The second-order valence-electron chi connectivity index (χ2n) is 1.70. The van der Waals surface area contributed by atoms with E-state index in [9.17, 15) is 4.79 Å². The van der Waals surface area contributed by atoms with E-state index in [1.807, 2.05) is 0 Å². The maximum atomic E-state index is 10.9. The van der Waals surface area contributed by atoms with Crippen LogP contribution in [0.3, 0.4) is 0 Å². The second-order valence-corrected chi connectivity index (χ2v) is 3.89. The molecule has 0 N–H and O–H groups in total. The molecule has 0 atom stereocenters. The van der Waals surface area contributed by atoms with E-state index in [-0.39, 0.29) is 5.75 Å². The Labute approximate surface area is 76.9 Å². The molecule has 2 nitrogen and oxygen atoms in total. The highest BCUT2D eigenvalue weighted by Gasteiger charge is 2.29. The van der Waals surface area contributed by atoms with Crippen molar-refractivity contribution < 1.29 is 9.53 Å². The molecule has 60 valence electrons. The summed E-state index contributed by atoms with van der Waals surface area (Å²) in [5, 5.41) is 0. The predicted molar refractivity (Wildman–Crippen MR) is 51.2 cm³/mol. The minimum absolute atomic E-state index is 0.248. The summed E-state index contributed by atoms with van der Waals surface area (Å²) in [5.74, 6) is -0.199. The summed E-state index contributed by atoms with van der Waals surface area (Å²) >= 11 is 11.7. The molecule has 0 amide bonds. The molecule has 0 aliphatic carbocycles. The molecule has 0 rings (SSSR count). The standard InChI is InChI=1S/C5H10O2S3/c1-2-7-4(6)5(9,10)3-8/h8-10H,2-3H2,1H3. The molecular weight excluding hydrogens is 188 g/mol. The molecule has 10 heavy (non-hydrogen) atoms. The highest BCUT2D eigenvalue weighted by Crippen LogP contribution is 2.22. The monoisotopic (exact) mass is 198 g/mol. The Bertz CT molecular complexity index is 124. The molecule has 0 radical (unpaired) electrons. The van der Waals surface area contributed by atoms with Crippen molar-refractivity contribution in [2.45, 2.75) is 11.0 Å². The molecule has 0 aromatic heterocycles. The lowest BCUT2D eigenvalue weighted by Gasteiger charge is -2.16. The Hall–Kier alpha value is 0.520. The summed E-state index contributed by atoms with van der Waals surface area (Å²) in [6, 6.07) is 0. The first-order valence-electron chi connectivity index (χ1n) is 2.77. The molecule has 0 saturated heterocycles. The summed E-state index contributed by atoms with van der Waals surface area (Å²) in [4.78, 5) is 10.9. The molecule has 0 spiro atoms. The van der Waals surface area contributed by atoms with Gasteiger partial charge in [-0.25, -0.2) is 4.79 Å². The van der Waals surface area contributed by atoms with Gasteiger partial charge in [-0.3, -0.25) is 0 Å². The average molecular weight is 198 g/mol. The van der Waals surface area contributed by atoms with Gasteiger partial charge in [-0.1, -0.05) is 0 Å². The van der Waals surface area contributed by atoms with Crippen LogP contribution in [0, 0.1) is 0 Å². The number of hydrogen-bond acceptors (Lipinski definition) is 5. The van der Waals surface area contributed by atoms with Gasteiger partial charge in [-0.05, 0) is 6.92 Å². The van der Waals surface area contributed by atoms with E-state index in [4.69, 9.17) is 0 Å². The fourth-order valence-corrected chi connectivity index (χ4v) is 0.569. The zero-order chi connectivity index (χ0) is 8.20. The van der Waals surface area contributed by atoms with Crippen LogP contribution in [-0.2, 0) is 9.53 Å². The van der Waals surface area contributed by atoms with Crippen LogP contribution in [-0.4, -0.2) is 22.4 Å². The van der Waals surface area contributed by atoms with E-state index in [1.165, 1.54) is 0 Å². The van der Waals surface area contributed by atoms with Crippen LogP contribution < -0.4 is 0 Å². The fraction of sp³-hybridized carbons (Fsp3) is 0.800. The molecule has 5 heteroatoms. The molecule has 0 aromatic carbocycles. The predicted octanol–water partition coefficient (Wildman–Crippen LogP) is 1.04. The average Bonchev–Trinajstić information content (AvgIpc) is 1.89. The highest BCUT2D eigenvalue weighted by molar-refractivity contribution is 8.03. The minimum atomic E-state index is -1.06. The zero-order valence-corrected chi connectivity index (χ0v) is 8.26. The van der Waals surface area contributed by atoms with E-state index < -0.39 is 10.0 Å². The first-order valence-corrected chi connectivity index (χ1v) is 4.30. The molecule has 0 fully saturated rings. The summed E-state index contributed by atoms with van der Waals surface area (Å²) in [5.41, 5.74) is 0. The normalized spacial score (nSPS) is 11.2. The van der Waals surface area contributed by atoms with Crippen LogP contribution in [0.15, 0.2) is 0 Å². The molecule has 0 aliphatic heterocycles. The molecule has 0 saturated carbocycles. The van der Waals surface area contributed by atoms with Gasteiger partial charge in [0.05, 0.1) is 6.61 Å². The van der Waals surface area contributed by atoms with Crippen molar-refractivity contribution >= 4 is 43.9 Å². The van der Waals surface area contributed by atoms with Crippen molar-refractivity contribution in [2.75, 3.05) is 12.4 Å². The lowest BCUT2D eigenvalue weighted by atomic mass is 10.5. The number of hydrogen-bond donors (Lipinski definition) is 3. The fourth-order valence-electron chi connectivity index (χ4n) is 0.311. The largest absolute Gasteiger partial charge is 0.464 e. The Kier molecular flexibility index (Phi) is 4.64. The zero-order valence-electron chi connectivity index (χ0n) is 5.57. The number of carbonyl (C=O) groups is 1. The minimum Gasteiger partial charge on any atom is -0.464 e. The molecule has 0 heterocycles. The molecule has 0 aliphatic rings. The van der Waals surface area contributed by atoms with Gasteiger partial charge in [0, 0.05) is 5.75 Å². The maximum Gasteiger partial charge on any atom is 0.332 e. The summed E-state index contributed by atoms with van der Waals surface area (Å²) < 4.78 is 3.60.